The molecule has 0 aromatic carbocycles. The Bertz CT molecular complexity index is 351. The molecule has 1 unspecified atom stereocenters. The van der Waals surface area contributed by atoms with E-state index in [0.717, 1.165) is 18.8 Å². The molecule has 1 aromatic rings. The second-order valence-corrected chi connectivity index (χ2v) is 4.53. The van der Waals surface area contributed by atoms with Gasteiger partial charge in [-0.1, -0.05) is 0 Å². The Hall–Kier alpha value is -1.29. The van der Waals surface area contributed by atoms with Gasteiger partial charge in [0, 0.05) is 26.2 Å². The van der Waals surface area contributed by atoms with Crippen molar-refractivity contribution in [2.45, 2.75) is 12.5 Å². The van der Waals surface area contributed by atoms with Crippen LogP contribution in [-0.4, -0.2) is 50.2 Å². The molecule has 4 heteroatoms. The van der Waals surface area contributed by atoms with Crippen LogP contribution in [0.4, 0.5) is 11.4 Å². The molecule has 1 aromatic heterocycles. The molecule has 0 amide bonds. The summed E-state index contributed by atoms with van der Waals surface area (Å²) >= 11 is 0. The van der Waals surface area contributed by atoms with Gasteiger partial charge in [0.25, 0.3) is 0 Å². The van der Waals surface area contributed by atoms with Crippen LogP contribution in [0.15, 0.2) is 18.5 Å². The molecule has 1 aliphatic heterocycles. The lowest BCUT2D eigenvalue weighted by Crippen LogP contribution is -2.31. The van der Waals surface area contributed by atoms with Crippen LogP contribution >= 0.6 is 0 Å². The van der Waals surface area contributed by atoms with E-state index in [0.29, 0.717) is 6.04 Å². The van der Waals surface area contributed by atoms with Crippen LogP contribution in [0.25, 0.3) is 0 Å². The molecule has 4 nitrogen and oxygen atoms in total. The Morgan fingerprint density at radius 2 is 2.25 bits per heavy atom. The van der Waals surface area contributed by atoms with Crippen molar-refractivity contribution in [3.63, 3.8) is 0 Å². The number of hydrogen-bond acceptors (Lipinski definition) is 4. The normalized spacial score (nSPS) is 20.5. The predicted octanol–water partition coefficient (Wildman–Crippen LogP) is 1.26. The summed E-state index contributed by atoms with van der Waals surface area (Å²) in [6, 6.07) is 2.82. The maximum Gasteiger partial charge on any atom is 0.0574 e. The fraction of sp³-hybridized carbons (Fsp3) is 0.583. The number of hydrogen-bond donors (Lipinski definition) is 1. The van der Waals surface area contributed by atoms with Crippen molar-refractivity contribution in [1.82, 2.24) is 9.88 Å². The van der Waals surface area contributed by atoms with Crippen molar-refractivity contribution >= 4 is 11.4 Å². The molecule has 1 fully saturated rings. The van der Waals surface area contributed by atoms with Crippen molar-refractivity contribution < 1.29 is 0 Å². The van der Waals surface area contributed by atoms with E-state index in [1.165, 1.54) is 12.1 Å². The second-order valence-electron chi connectivity index (χ2n) is 4.53. The summed E-state index contributed by atoms with van der Waals surface area (Å²) in [5.74, 6) is 0. The van der Waals surface area contributed by atoms with E-state index in [1.807, 2.05) is 19.4 Å². The number of nitrogens with zero attached hydrogens (tertiary/aromatic N) is 3. The van der Waals surface area contributed by atoms with E-state index in [1.54, 1.807) is 0 Å². The summed E-state index contributed by atoms with van der Waals surface area (Å²) in [6.07, 6.45) is 5.03. The number of nitrogens with one attached hydrogen (secondary N) is 1. The maximum absolute atomic E-state index is 4.25. The molecule has 1 atom stereocenters. The van der Waals surface area contributed by atoms with Gasteiger partial charge in [-0.25, -0.2) is 0 Å². The molecule has 1 saturated heterocycles. The fourth-order valence-corrected chi connectivity index (χ4v) is 2.14. The molecule has 2 rings (SSSR count). The summed E-state index contributed by atoms with van der Waals surface area (Å²) in [5.41, 5.74) is 2.29. The van der Waals surface area contributed by atoms with Crippen LogP contribution in [-0.2, 0) is 0 Å². The highest BCUT2D eigenvalue weighted by Gasteiger charge is 2.24. The smallest absolute Gasteiger partial charge is 0.0574 e. The Morgan fingerprint density at radius 1 is 1.44 bits per heavy atom. The first-order chi connectivity index (χ1) is 7.70. The lowest BCUT2D eigenvalue weighted by molar-refractivity contribution is 0.315. The highest BCUT2D eigenvalue weighted by atomic mass is 15.2. The molecule has 88 valence electrons. The molecule has 16 heavy (non-hydrogen) atoms. The van der Waals surface area contributed by atoms with Gasteiger partial charge < -0.3 is 15.1 Å². The van der Waals surface area contributed by atoms with Gasteiger partial charge in [-0.3, -0.25) is 4.98 Å². The molecule has 1 aliphatic rings. The van der Waals surface area contributed by atoms with E-state index < -0.39 is 0 Å². The highest BCUT2D eigenvalue weighted by molar-refractivity contribution is 5.55. The third-order valence-corrected chi connectivity index (χ3v) is 3.27. The minimum absolute atomic E-state index is 0.665. The van der Waals surface area contributed by atoms with E-state index in [9.17, 15) is 0 Å². The molecular weight excluding hydrogens is 200 g/mol. The largest absolute Gasteiger partial charge is 0.387 e. The quantitative estimate of drug-likeness (QED) is 0.831. The summed E-state index contributed by atoms with van der Waals surface area (Å²) in [4.78, 5) is 8.95. The lowest BCUT2D eigenvalue weighted by atomic mass is 10.2. The summed E-state index contributed by atoms with van der Waals surface area (Å²) < 4.78 is 0. The minimum atomic E-state index is 0.665. The number of pyridine rings is 1. The molecule has 2 heterocycles. The lowest BCUT2D eigenvalue weighted by Gasteiger charge is -2.21. The van der Waals surface area contributed by atoms with Crippen LogP contribution in [0.3, 0.4) is 0 Å². The third kappa shape index (κ3) is 2.27. The van der Waals surface area contributed by atoms with E-state index in [-0.39, 0.29) is 0 Å². The topological polar surface area (TPSA) is 31.4 Å². The zero-order valence-corrected chi connectivity index (χ0v) is 10.3. The van der Waals surface area contributed by atoms with E-state index in [2.05, 4.69) is 40.3 Å². The zero-order valence-electron chi connectivity index (χ0n) is 10.3. The van der Waals surface area contributed by atoms with Gasteiger partial charge in [-0.15, -0.1) is 0 Å². The Morgan fingerprint density at radius 3 is 2.88 bits per heavy atom. The van der Waals surface area contributed by atoms with Crippen molar-refractivity contribution in [3.05, 3.63) is 18.5 Å². The molecule has 0 saturated carbocycles. The standard InChI is InChI=1S/C12H20N4/c1-13-10-6-12(8-14-7-10)16-5-4-11(9-16)15(2)3/h6-8,11,13H,4-5,9H2,1-3H3. The SMILES string of the molecule is CNc1cncc(N2CCC(N(C)C)C2)c1. The Balaban J connectivity index is 2.08. The van der Waals surface area contributed by atoms with E-state index >= 15 is 0 Å². The number of rotatable bonds is 3. The minimum Gasteiger partial charge on any atom is -0.387 e. The van der Waals surface area contributed by atoms with Crippen LogP contribution < -0.4 is 10.2 Å². The van der Waals surface area contributed by atoms with Gasteiger partial charge in [-0.05, 0) is 26.6 Å². The van der Waals surface area contributed by atoms with Crippen molar-refractivity contribution in [2.75, 3.05) is 44.4 Å². The van der Waals surface area contributed by atoms with Crippen LogP contribution in [0.2, 0.25) is 0 Å². The summed E-state index contributed by atoms with van der Waals surface area (Å²) in [5, 5.41) is 3.13. The molecule has 0 aliphatic carbocycles. The van der Waals surface area contributed by atoms with Crippen LogP contribution in [0, 0.1) is 0 Å². The average molecular weight is 220 g/mol. The van der Waals surface area contributed by atoms with E-state index in [4.69, 9.17) is 0 Å². The van der Waals surface area contributed by atoms with Crippen LogP contribution in [0.1, 0.15) is 6.42 Å². The van der Waals surface area contributed by atoms with Gasteiger partial charge in [-0.2, -0.15) is 0 Å². The monoisotopic (exact) mass is 220 g/mol. The molecule has 0 radical (unpaired) electrons. The first kappa shape index (κ1) is 11.2. The molecule has 1 N–H and O–H groups in total. The van der Waals surface area contributed by atoms with Gasteiger partial charge in [0.05, 0.1) is 23.8 Å². The first-order valence-corrected chi connectivity index (χ1v) is 5.75. The number of aromatic nitrogens is 1. The molecule has 0 spiro atoms. The second kappa shape index (κ2) is 4.70. The zero-order chi connectivity index (χ0) is 11.5. The summed E-state index contributed by atoms with van der Waals surface area (Å²) in [7, 11) is 6.22. The van der Waals surface area contributed by atoms with Gasteiger partial charge in [0.1, 0.15) is 0 Å². The van der Waals surface area contributed by atoms with Crippen molar-refractivity contribution in [3.8, 4) is 0 Å². The van der Waals surface area contributed by atoms with Crippen molar-refractivity contribution in [2.24, 2.45) is 0 Å². The van der Waals surface area contributed by atoms with Gasteiger partial charge in [0.2, 0.25) is 0 Å². The average Bonchev–Trinajstić information content (AvgIpc) is 2.78. The van der Waals surface area contributed by atoms with Gasteiger partial charge >= 0.3 is 0 Å². The van der Waals surface area contributed by atoms with Gasteiger partial charge in [0.15, 0.2) is 0 Å². The predicted molar refractivity (Wildman–Crippen MR) is 68.1 cm³/mol. The third-order valence-electron chi connectivity index (χ3n) is 3.27. The number of anilines is 2. The van der Waals surface area contributed by atoms with Crippen molar-refractivity contribution in [1.29, 1.82) is 0 Å². The highest BCUT2D eigenvalue weighted by Crippen LogP contribution is 2.23. The first-order valence-electron chi connectivity index (χ1n) is 5.75. The maximum atomic E-state index is 4.25. The Labute approximate surface area is 97.3 Å². The summed E-state index contributed by atoms with van der Waals surface area (Å²) in [6.45, 7) is 2.22. The van der Waals surface area contributed by atoms with Crippen LogP contribution in [0.5, 0.6) is 0 Å². The fourth-order valence-electron chi connectivity index (χ4n) is 2.14. The molecule has 0 bridgehead atoms. The number of likely N-dealkylation sites (N-methyl/N-ethyl adjacent to an activating group) is 1. The molecular formula is C12H20N4. The Kier molecular flexibility index (Phi) is 3.29.